The number of hydrogen-bond acceptors (Lipinski definition) is 2. The summed E-state index contributed by atoms with van der Waals surface area (Å²) in [6.07, 6.45) is 1.03. The summed E-state index contributed by atoms with van der Waals surface area (Å²) in [6, 6.07) is 2.10. The van der Waals surface area contributed by atoms with Gasteiger partial charge in [0.2, 0.25) is 0 Å². The quantitative estimate of drug-likeness (QED) is 0.838. The molecule has 0 aliphatic carbocycles. The lowest BCUT2D eigenvalue weighted by Gasteiger charge is -2.14. The lowest BCUT2D eigenvalue weighted by Crippen LogP contribution is -2.12. The van der Waals surface area contributed by atoms with Crippen LogP contribution in [0.3, 0.4) is 0 Å². The van der Waals surface area contributed by atoms with Crippen molar-refractivity contribution in [2.24, 2.45) is 0 Å². The zero-order chi connectivity index (χ0) is 12.1. The Morgan fingerprint density at radius 2 is 1.94 bits per heavy atom. The van der Waals surface area contributed by atoms with Crippen LogP contribution in [0.25, 0.3) is 0 Å². The predicted molar refractivity (Wildman–Crippen MR) is 72.4 cm³/mol. The first-order valence-electron chi connectivity index (χ1n) is 5.61. The predicted octanol–water partition coefficient (Wildman–Crippen LogP) is 3.36. The summed E-state index contributed by atoms with van der Waals surface area (Å²) in [5.74, 6) is 1.01. The summed E-state index contributed by atoms with van der Waals surface area (Å²) >= 11 is 3.59. The summed E-state index contributed by atoms with van der Waals surface area (Å²) in [4.78, 5) is 0. The Labute approximate surface area is 107 Å². The Hall–Kier alpha value is -0.540. The van der Waals surface area contributed by atoms with Crippen molar-refractivity contribution in [2.45, 2.75) is 27.2 Å². The number of benzene rings is 1. The summed E-state index contributed by atoms with van der Waals surface area (Å²) in [7, 11) is 1.96. The summed E-state index contributed by atoms with van der Waals surface area (Å²) in [5, 5.41) is 3.11. The standard InChI is InChI=1S/C13H20BrNO/c1-9-8-12(16-7-5-6-15-4)10(2)11(3)13(9)14/h8,15H,5-7H2,1-4H3. The molecule has 2 nitrogen and oxygen atoms in total. The third kappa shape index (κ3) is 3.22. The van der Waals surface area contributed by atoms with Crippen LogP contribution in [0, 0.1) is 20.8 Å². The van der Waals surface area contributed by atoms with Gasteiger partial charge in [-0.1, -0.05) is 15.9 Å². The molecule has 16 heavy (non-hydrogen) atoms. The summed E-state index contributed by atoms with van der Waals surface area (Å²) in [5.41, 5.74) is 3.72. The molecule has 1 rings (SSSR count). The van der Waals surface area contributed by atoms with E-state index >= 15 is 0 Å². The van der Waals surface area contributed by atoms with Gasteiger partial charge < -0.3 is 10.1 Å². The fourth-order valence-corrected chi connectivity index (χ4v) is 2.01. The molecule has 0 radical (unpaired) electrons. The largest absolute Gasteiger partial charge is 0.493 e. The topological polar surface area (TPSA) is 21.3 Å². The van der Waals surface area contributed by atoms with Gasteiger partial charge in [-0.05, 0) is 63.5 Å². The molecule has 0 aromatic heterocycles. The molecule has 0 aliphatic rings. The summed E-state index contributed by atoms with van der Waals surface area (Å²) in [6.45, 7) is 8.08. The van der Waals surface area contributed by atoms with Crippen molar-refractivity contribution < 1.29 is 4.74 Å². The Kier molecular flexibility index (Phi) is 5.29. The van der Waals surface area contributed by atoms with E-state index in [0.717, 1.165) is 25.3 Å². The van der Waals surface area contributed by atoms with Crippen LogP contribution in [0.1, 0.15) is 23.1 Å². The van der Waals surface area contributed by atoms with Crippen molar-refractivity contribution in [3.63, 3.8) is 0 Å². The van der Waals surface area contributed by atoms with Crippen LogP contribution >= 0.6 is 15.9 Å². The zero-order valence-corrected chi connectivity index (χ0v) is 12.1. The van der Waals surface area contributed by atoms with Crippen LogP contribution in [0.4, 0.5) is 0 Å². The Morgan fingerprint density at radius 1 is 1.25 bits per heavy atom. The Bertz CT molecular complexity index is 363. The maximum atomic E-state index is 5.79. The van der Waals surface area contributed by atoms with Crippen LogP contribution in [-0.4, -0.2) is 20.2 Å². The monoisotopic (exact) mass is 285 g/mol. The minimum absolute atomic E-state index is 0.766. The number of aryl methyl sites for hydroxylation is 1. The van der Waals surface area contributed by atoms with Gasteiger partial charge in [-0.2, -0.15) is 0 Å². The Morgan fingerprint density at radius 3 is 2.56 bits per heavy atom. The minimum Gasteiger partial charge on any atom is -0.493 e. The van der Waals surface area contributed by atoms with Gasteiger partial charge in [0, 0.05) is 4.47 Å². The fraction of sp³-hybridized carbons (Fsp3) is 0.538. The molecule has 1 N–H and O–H groups in total. The number of hydrogen-bond donors (Lipinski definition) is 1. The maximum Gasteiger partial charge on any atom is 0.122 e. The van der Waals surface area contributed by atoms with E-state index in [1.165, 1.54) is 21.2 Å². The molecule has 0 fully saturated rings. The van der Waals surface area contributed by atoms with Gasteiger partial charge in [0.15, 0.2) is 0 Å². The average molecular weight is 286 g/mol. The van der Waals surface area contributed by atoms with Gasteiger partial charge in [0.25, 0.3) is 0 Å². The number of rotatable bonds is 5. The first-order chi connectivity index (χ1) is 7.57. The highest BCUT2D eigenvalue weighted by Gasteiger charge is 2.08. The number of ether oxygens (including phenoxy) is 1. The highest BCUT2D eigenvalue weighted by Crippen LogP contribution is 2.31. The summed E-state index contributed by atoms with van der Waals surface area (Å²) < 4.78 is 6.98. The molecule has 1 aromatic rings. The maximum absolute atomic E-state index is 5.79. The molecule has 90 valence electrons. The average Bonchev–Trinajstić information content (AvgIpc) is 2.28. The van der Waals surface area contributed by atoms with E-state index < -0.39 is 0 Å². The Balaban J connectivity index is 2.73. The van der Waals surface area contributed by atoms with Crippen molar-refractivity contribution in [1.29, 1.82) is 0 Å². The van der Waals surface area contributed by atoms with E-state index in [-0.39, 0.29) is 0 Å². The molecule has 1 aromatic carbocycles. The molecular weight excluding hydrogens is 266 g/mol. The third-order valence-electron chi connectivity index (χ3n) is 2.78. The van der Waals surface area contributed by atoms with Crippen LogP contribution < -0.4 is 10.1 Å². The molecule has 3 heteroatoms. The molecule has 0 heterocycles. The molecule has 0 atom stereocenters. The van der Waals surface area contributed by atoms with E-state index in [2.05, 4.69) is 48.1 Å². The third-order valence-corrected chi connectivity index (χ3v) is 4.00. The van der Waals surface area contributed by atoms with Crippen molar-refractivity contribution in [3.8, 4) is 5.75 Å². The van der Waals surface area contributed by atoms with Gasteiger partial charge in [-0.25, -0.2) is 0 Å². The molecule has 0 unspecified atom stereocenters. The van der Waals surface area contributed by atoms with Crippen LogP contribution in [0.2, 0.25) is 0 Å². The van der Waals surface area contributed by atoms with Crippen molar-refractivity contribution in [2.75, 3.05) is 20.2 Å². The molecule has 0 amide bonds. The first-order valence-corrected chi connectivity index (χ1v) is 6.41. The van der Waals surface area contributed by atoms with Crippen molar-refractivity contribution in [3.05, 3.63) is 27.2 Å². The number of halogens is 1. The van der Waals surface area contributed by atoms with E-state index in [0.29, 0.717) is 0 Å². The fourth-order valence-electron chi connectivity index (χ4n) is 1.59. The second-order valence-corrected chi connectivity index (χ2v) is 4.85. The van der Waals surface area contributed by atoms with E-state index in [1.807, 2.05) is 7.05 Å². The van der Waals surface area contributed by atoms with Crippen molar-refractivity contribution in [1.82, 2.24) is 5.32 Å². The molecule has 0 saturated heterocycles. The smallest absolute Gasteiger partial charge is 0.122 e. The van der Waals surface area contributed by atoms with E-state index in [9.17, 15) is 0 Å². The lowest BCUT2D eigenvalue weighted by atomic mass is 10.1. The van der Waals surface area contributed by atoms with Crippen LogP contribution in [-0.2, 0) is 0 Å². The zero-order valence-electron chi connectivity index (χ0n) is 10.5. The van der Waals surface area contributed by atoms with Crippen LogP contribution in [0.5, 0.6) is 5.75 Å². The van der Waals surface area contributed by atoms with E-state index in [1.54, 1.807) is 0 Å². The van der Waals surface area contributed by atoms with Crippen LogP contribution in [0.15, 0.2) is 10.5 Å². The minimum atomic E-state index is 0.766. The van der Waals surface area contributed by atoms with Gasteiger partial charge in [0.1, 0.15) is 5.75 Å². The second-order valence-electron chi connectivity index (χ2n) is 4.06. The first kappa shape index (κ1) is 13.5. The molecular formula is C13H20BrNO. The molecule has 0 spiro atoms. The van der Waals surface area contributed by atoms with E-state index in [4.69, 9.17) is 4.74 Å². The highest BCUT2D eigenvalue weighted by molar-refractivity contribution is 9.10. The normalized spacial score (nSPS) is 10.6. The lowest BCUT2D eigenvalue weighted by molar-refractivity contribution is 0.307. The molecule has 0 saturated carbocycles. The number of nitrogens with one attached hydrogen (secondary N) is 1. The van der Waals surface area contributed by atoms with Gasteiger partial charge in [-0.15, -0.1) is 0 Å². The second kappa shape index (κ2) is 6.26. The molecule has 0 bridgehead atoms. The molecule has 0 aliphatic heterocycles. The van der Waals surface area contributed by atoms with Gasteiger partial charge >= 0.3 is 0 Å². The van der Waals surface area contributed by atoms with Gasteiger partial charge in [0.05, 0.1) is 6.61 Å². The van der Waals surface area contributed by atoms with Gasteiger partial charge in [-0.3, -0.25) is 0 Å². The van der Waals surface area contributed by atoms with Crippen molar-refractivity contribution >= 4 is 15.9 Å². The highest BCUT2D eigenvalue weighted by atomic mass is 79.9. The SMILES string of the molecule is CNCCCOc1cc(C)c(Br)c(C)c1C.